The van der Waals surface area contributed by atoms with Crippen LogP contribution in [0.3, 0.4) is 0 Å². The molecule has 0 aliphatic carbocycles. The minimum absolute atomic E-state index is 0. The number of nitrogens with zero attached hydrogens (tertiary/aromatic N) is 5. The van der Waals surface area contributed by atoms with Crippen molar-refractivity contribution in [2.45, 2.75) is 45.5 Å². The number of nitrogens with one attached hydrogen (secondary N) is 2. The molecule has 1 aromatic carbocycles. The highest BCUT2D eigenvalue weighted by atomic mass is 127. The number of aryl methyl sites for hydroxylation is 1. The van der Waals surface area contributed by atoms with E-state index in [2.05, 4.69) is 25.7 Å². The molecule has 2 aliphatic rings. The number of fused-ring (bicyclic) bond motifs is 1. The van der Waals surface area contributed by atoms with Crippen molar-refractivity contribution in [1.82, 2.24) is 25.4 Å². The van der Waals surface area contributed by atoms with E-state index in [0.717, 1.165) is 43.3 Å². The Kier molecular flexibility index (Phi) is 9.68. The SMILES string of the molecule is CCNC(=NCc1ccc(N2CCOCC2)c(F)c1)NC1CCc2nc(COC)nn2C1.I. The Labute approximate surface area is 211 Å². The van der Waals surface area contributed by atoms with Gasteiger partial charge in [-0.2, -0.15) is 5.10 Å². The Bertz CT molecular complexity index is 933. The summed E-state index contributed by atoms with van der Waals surface area (Å²) in [4.78, 5) is 11.2. The Hall–Kier alpha value is -1.99. The maximum atomic E-state index is 14.7. The number of methoxy groups -OCH3 is 1. The summed E-state index contributed by atoms with van der Waals surface area (Å²) >= 11 is 0. The van der Waals surface area contributed by atoms with E-state index in [0.29, 0.717) is 51.0 Å². The van der Waals surface area contributed by atoms with Crippen molar-refractivity contribution in [2.75, 3.05) is 44.9 Å². The molecule has 33 heavy (non-hydrogen) atoms. The van der Waals surface area contributed by atoms with E-state index in [1.807, 2.05) is 28.6 Å². The van der Waals surface area contributed by atoms with E-state index >= 15 is 0 Å². The molecule has 2 N–H and O–H groups in total. The highest BCUT2D eigenvalue weighted by Crippen LogP contribution is 2.22. The van der Waals surface area contributed by atoms with Gasteiger partial charge in [0, 0.05) is 39.2 Å². The van der Waals surface area contributed by atoms with Gasteiger partial charge in [-0.15, -0.1) is 24.0 Å². The molecule has 0 amide bonds. The number of aromatic nitrogens is 3. The average molecular weight is 573 g/mol. The maximum absolute atomic E-state index is 14.7. The largest absolute Gasteiger partial charge is 0.378 e. The standard InChI is InChI=1S/C22H32FN7O2.HI/c1-3-24-22(26-17-5-7-21-27-20(15-31-2)28-30(21)14-17)25-13-16-4-6-19(18(23)12-16)29-8-10-32-11-9-29;/h4,6,12,17H,3,5,7-11,13-15H2,1-2H3,(H2,24,25,26);1H. The number of hydrogen-bond acceptors (Lipinski definition) is 6. The maximum Gasteiger partial charge on any atom is 0.191 e. The molecule has 0 spiro atoms. The molecule has 1 atom stereocenters. The predicted molar refractivity (Wildman–Crippen MR) is 136 cm³/mol. The van der Waals surface area contributed by atoms with Crippen LogP contribution in [0.5, 0.6) is 0 Å². The summed E-state index contributed by atoms with van der Waals surface area (Å²) in [7, 11) is 1.64. The zero-order valence-corrected chi connectivity index (χ0v) is 21.5. The van der Waals surface area contributed by atoms with Crippen LogP contribution in [0.4, 0.5) is 10.1 Å². The van der Waals surface area contributed by atoms with Crippen molar-refractivity contribution in [3.05, 3.63) is 41.2 Å². The molecule has 2 aromatic rings. The van der Waals surface area contributed by atoms with E-state index in [1.54, 1.807) is 13.2 Å². The lowest BCUT2D eigenvalue weighted by molar-refractivity contribution is 0.122. The fraction of sp³-hybridized carbons (Fsp3) is 0.591. The van der Waals surface area contributed by atoms with Crippen LogP contribution >= 0.6 is 24.0 Å². The minimum Gasteiger partial charge on any atom is -0.378 e. The van der Waals surface area contributed by atoms with Crippen molar-refractivity contribution in [1.29, 1.82) is 0 Å². The molecule has 1 aromatic heterocycles. The lowest BCUT2D eigenvalue weighted by Crippen LogP contribution is -2.47. The second kappa shape index (κ2) is 12.5. The zero-order valence-electron chi connectivity index (χ0n) is 19.2. The zero-order chi connectivity index (χ0) is 22.3. The second-order valence-electron chi connectivity index (χ2n) is 8.02. The molecule has 11 heteroatoms. The summed E-state index contributed by atoms with van der Waals surface area (Å²) in [6.45, 7) is 7.01. The summed E-state index contributed by atoms with van der Waals surface area (Å²) in [5, 5.41) is 11.3. The van der Waals surface area contributed by atoms with Gasteiger partial charge in [0.1, 0.15) is 18.2 Å². The number of morpholine rings is 1. The molecule has 3 heterocycles. The summed E-state index contributed by atoms with van der Waals surface area (Å²) in [6.07, 6.45) is 1.79. The second-order valence-corrected chi connectivity index (χ2v) is 8.02. The molecule has 1 fully saturated rings. The minimum atomic E-state index is -0.213. The van der Waals surface area contributed by atoms with Crippen LogP contribution < -0.4 is 15.5 Å². The highest BCUT2D eigenvalue weighted by Gasteiger charge is 2.22. The molecule has 0 bridgehead atoms. The normalized spacial score (nSPS) is 18.5. The molecule has 0 radical (unpaired) electrons. The van der Waals surface area contributed by atoms with Crippen LogP contribution in [0.15, 0.2) is 23.2 Å². The molecule has 0 saturated carbocycles. The Morgan fingerprint density at radius 2 is 2.15 bits per heavy atom. The van der Waals surface area contributed by atoms with Gasteiger partial charge in [0.05, 0.1) is 32.0 Å². The molecule has 4 rings (SSSR count). The van der Waals surface area contributed by atoms with Gasteiger partial charge in [-0.3, -0.25) is 0 Å². The van der Waals surface area contributed by atoms with E-state index in [-0.39, 0.29) is 35.8 Å². The summed E-state index contributed by atoms with van der Waals surface area (Å²) < 4.78 is 27.1. The first-order valence-electron chi connectivity index (χ1n) is 11.2. The number of halogens is 2. The Morgan fingerprint density at radius 3 is 2.88 bits per heavy atom. The molecular weight excluding hydrogens is 540 g/mol. The van der Waals surface area contributed by atoms with E-state index in [9.17, 15) is 4.39 Å². The van der Waals surface area contributed by atoms with Crippen molar-refractivity contribution in [3.63, 3.8) is 0 Å². The number of benzene rings is 1. The molecule has 9 nitrogen and oxygen atoms in total. The Balaban J connectivity index is 0.00000306. The monoisotopic (exact) mass is 573 g/mol. The van der Waals surface area contributed by atoms with Crippen LogP contribution in [-0.2, 0) is 35.6 Å². The number of aliphatic imine (C=N–C) groups is 1. The number of hydrogen-bond donors (Lipinski definition) is 2. The third-order valence-electron chi connectivity index (χ3n) is 5.64. The molecule has 1 saturated heterocycles. The van der Waals surface area contributed by atoms with Crippen LogP contribution in [0, 0.1) is 5.82 Å². The van der Waals surface area contributed by atoms with Crippen LogP contribution in [0.1, 0.15) is 30.6 Å². The van der Waals surface area contributed by atoms with Crippen LogP contribution in [-0.4, -0.2) is 66.7 Å². The quantitative estimate of drug-likeness (QED) is 0.298. The topological polar surface area (TPSA) is 88.8 Å². The van der Waals surface area contributed by atoms with Crippen molar-refractivity contribution in [3.8, 4) is 0 Å². The molecule has 182 valence electrons. The van der Waals surface area contributed by atoms with Crippen LogP contribution in [0.25, 0.3) is 0 Å². The van der Waals surface area contributed by atoms with Gasteiger partial charge in [0.15, 0.2) is 11.8 Å². The van der Waals surface area contributed by atoms with Gasteiger partial charge in [-0.25, -0.2) is 19.0 Å². The molecule has 1 unspecified atom stereocenters. The molecule has 2 aliphatic heterocycles. The van der Waals surface area contributed by atoms with Gasteiger partial charge in [0.25, 0.3) is 0 Å². The summed E-state index contributed by atoms with van der Waals surface area (Å²) in [6, 6.07) is 5.56. The van der Waals surface area contributed by atoms with Gasteiger partial charge >= 0.3 is 0 Å². The van der Waals surface area contributed by atoms with Gasteiger partial charge < -0.3 is 25.0 Å². The first-order chi connectivity index (χ1) is 15.7. The Morgan fingerprint density at radius 1 is 1.33 bits per heavy atom. The fourth-order valence-corrected chi connectivity index (χ4v) is 4.06. The third-order valence-corrected chi connectivity index (χ3v) is 5.64. The molecular formula is C22H33FIN7O2. The van der Waals surface area contributed by atoms with E-state index < -0.39 is 0 Å². The summed E-state index contributed by atoms with van der Waals surface area (Å²) in [5.74, 6) is 2.21. The van der Waals surface area contributed by atoms with Crippen LogP contribution in [0.2, 0.25) is 0 Å². The number of rotatable bonds is 7. The first-order valence-corrected chi connectivity index (χ1v) is 11.2. The summed E-state index contributed by atoms with van der Waals surface area (Å²) in [5.41, 5.74) is 1.47. The number of ether oxygens (including phenoxy) is 2. The smallest absolute Gasteiger partial charge is 0.191 e. The lowest BCUT2D eigenvalue weighted by Gasteiger charge is -2.29. The van der Waals surface area contributed by atoms with E-state index in [4.69, 9.17) is 9.47 Å². The fourth-order valence-electron chi connectivity index (χ4n) is 4.06. The average Bonchev–Trinajstić information content (AvgIpc) is 3.20. The third kappa shape index (κ3) is 6.76. The first kappa shape index (κ1) is 25.6. The number of guanidine groups is 1. The van der Waals surface area contributed by atoms with Crippen molar-refractivity contribution < 1.29 is 13.9 Å². The van der Waals surface area contributed by atoms with E-state index in [1.165, 1.54) is 0 Å². The predicted octanol–water partition coefficient (Wildman–Crippen LogP) is 2.09. The van der Waals surface area contributed by atoms with Gasteiger partial charge in [-0.05, 0) is 31.0 Å². The number of anilines is 1. The highest BCUT2D eigenvalue weighted by molar-refractivity contribution is 14.0. The lowest BCUT2D eigenvalue weighted by atomic mass is 10.1. The van der Waals surface area contributed by atoms with Gasteiger partial charge in [-0.1, -0.05) is 6.07 Å². The van der Waals surface area contributed by atoms with Crippen molar-refractivity contribution >= 4 is 35.6 Å². The van der Waals surface area contributed by atoms with Gasteiger partial charge in [0.2, 0.25) is 0 Å². The van der Waals surface area contributed by atoms with Crippen molar-refractivity contribution in [2.24, 2.45) is 4.99 Å².